The first-order valence-electron chi connectivity index (χ1n) is 8.95. The molecule has 2 aromatic carbocycles. The fraction of sp³-hybridized carbons (Fsp3) is 0.381. The van der Waals surface area contributed by atoms with Gasteiger partial charge in [-0.2, -0.15) is 0 Å². The molecule has 150 valence electrons. The number of carbonyl (C=O) groups is 1. The molecule has 1 aliphatic rings. The molecular formula is C21H24BrNO5. The van der Waals surface area contributed by atoms with Gasteiger partial charge in [0, 0.05) is 11.7 Å². The van der Waals surface area contributed by atoms with Crippen LogP contribution in [0.5, 0.6) is 23.0 Å². The number of nitrogens with zero attached hydrogens (tertiary/aromatic N) is 1. The fourth-order valence-corrected chi connectivity index (χ4v) is 4.20. The van der Waals surface area contributed by atoms with Gasteiger partial charge in [-0.05, 0) is 65.5 Å². The molecule has 0 saturated heterocycles. The van der Waals surface area contributed by atoms with Crippen molar-refractivity contribution in [3.05, 3.63) is 39.9 Å². The molecule has 6 nitrogen and oxygen atoms in total. The minimum atomic E-state index is -0.134. The summed E-state index contributed by atoms with van der Waals surface area (Å²) in [6.45, 7) is 2.05. The number of ether oxygens (including phenoxy) is 4. The number of carbonyl (C=O) groups excluding carboxylic acids is 1. The summed E-state index contributed by atoms with van der Waals surface area (Å²) >= 11 is 3.52. The van der Waals surface area contributed by atoms with Crippen molar-refractivity contribution in [1.29, 1.82) is 0 Å². The Morgan fingerprint density at radius 3 is 2.36 bits per heavy atom. The van der Waals surface area contributed by atoms with Gasteiger partial charge in [0.05, 0.1) is 38.5 Å². The topological polar surface area (TPSA) is 57.2 Å². The van der Waals surface area contributed by atoms with Crippen LogP contribution in [0.4, 0.5) is 5.69 Å². The summed E-state index contributed by atoms with van der Waals surface area (Å²) in [4.78, 5) is 15.4. The van der Waals surface area contributed by atoms with Crippen LogP contribution >= 0.6 is 15.9 Å². The molecule has 1 aliphatic heterocycles. The molecule has 0 N–H and O–H groups in total. The lowest BCUT2D eigenvalue weighted by Gasteiger charge is -2.36. The Hall–Kier alpha value is -2.41. The van der Waals surface area contributed by atoms with E-state index in [0.717, 1.165) is 29.8 Å². The van der Waals surface area contributed by atoms with Crippen LogP contribution in [0.25, 0.3) is 0 Å². The zero-order valence-corrected chi connectivity index (χ0v) is 18.3. The van der Waals surface area contributed by atoms with E-state index < -0.39 is 0 Å². The molecule has 0 radical (unpaired) electrons. The van der Waals surface area contributed by atoms with Crippen molar-refractivity contribution in [2.24, 2.45) is 0 Å². The summed E-state index contributed by atoms with van der Waals surface area (Å²) < 4.78 is 22.2. The van der Waals surface area contributed by atoms with E-state index in [0.29, 0.717) is 27.3 Å². The van der Waals surface area contributed by atoms with Gasteiger partial charge in [-0.3, -0.25) is 4.79 Å². The van der Waals surface area contributed by atoms with Gasteiger partial charge in [-0.1, -0.05) is 0 Å². The molecule has 0 spiro atoms. The molecule has 3 rings (SSSR count). The van der Waals surface area contributed by atoms with E-state index in [2.05, 4.69) is 22.9 Å². The van der Waals surface area contributed by atoms with Gasteiger partial charge in [0.15, 0.2) is 11.5 Å². The zero-order valence-electron chi connectivity index (χ0n) is 16.7. The lowest BCUT2D eigenvalue weighted by atomic mass is 9.95. The Morgan fingerprint density at radius 2 is 1.75 bits per heavy atom. The normalized spacial score (nSPS) is 15.6. The third-order valence-corrected chi connectivity index (χ3v) is 5.82. The smallest absolute Gasteiger partial charge is 0.259 e. The molecule has 1 heterocycles. The monoisotopic (exact) mass is 449 g/mol. The standard InChI is InChI=1S/C21H24BrNO5/c1-12-6-7-13-10-14(25-2)8-9-16(13)23(12)21(24)15-11-17(26-3)19(27-4)20(28-5)18(15)22/h8-12H,6-7H2,1-5H3. The maximum atomic E-state index is 13.6. The van der Waals surface area contributed by atoms with E-state index in [-0.39, 0.29) is 11.9 Å². The predicted octanol–water partition coefficient (Wildman–Crippen LogP) is 4.47. The first-order chi connectivity index (χ1) is 13.5. The average Bonchev–Trinajstić information content (AvgIpc) is 2.72. The molecule has 2 aromatic rings. The number of fused-ring (bicyclic) bond motifs is 1. The van der Waals surface area contributed by atoms with Gasteiger partial charge in [0.25, 0.3) is 5.91 Å². The number of hydrogen-bond acceptors (Lipinski definition) is 5. The highest BCUT2D eigenvalue weighted by Crippen LogP contribution is 2.46. The third kappa shape index (κ3) is 3.39. The zero-order chi connectivity index (χ0) is 20.4. The van der Waals surface area contributed by atoms with Crippen LogP contribution < -0.4 is 23.8 Å². The Bertz CT molecular complexity index is 899. The van der Waals surface area contributed by atoms with Gasteiger partial charge < -0.3 is 23.8 Å². The van der Waals surface area contributed by atoms with Crippen molar-refractivity contribution in [2.75, 3.05) is 33.3 Å². The van der Waals surface area contributed by atoms with E-state index in [1.165, 1.54) is 21.3 Å². The van der Waals surface area contributed by atoms with E-state index in [4.69, 9.17) is 18.9 Å². The molecule has 0 saturated carbocycles. The average molecular weight is 450 g/mol. The van der Waals surface area contributed by atoms with Crippen LogP contribution in [0.1, 0.15) is 29.3 Å². The van der Waals surface area contributed by atoms with Crippen LogP contribution in [-0.4, -0.2) is 40.4 Å². The van der Waals surface area contributed by atoms with E-state index >= 15 is 0 Å². The van der Waals surface area contributed by atoms with Gasteiger partial charge in [0.1, 0.15) is 5.75 Å². The van der Waals surface area contributed by atoms with Crippen molar-refractivity contribution in [1.82, 2.24) is 0 Å². The minimum Gasteiger partial charge on any atom is -0.497 e. The fourth-order valence-electron chi connectivity index (χ4n) is 3.57. The molecule has 1 atom stereocenters. The number of hydrogen-bond donors (Lipinski definition) is 0. The Morgan fingerprint density at radius 1 is 1.04 bits per heavy atom. The Labute approximate surface area is 173 Å². The second-order valence-electron chi connectivity index (χ2n) is 6.56. The maximum Gasteiger partial charge on any atom is 0.259 e. The molecule has 0 aliphatic carbocycles. The Balaban J connectivity index is 2.12. The van der Waals surface area contributed by atoms with Crippen LogP contribution in [0.3, 0.4) is 0 Å². The number of amides is 1. The van der Waals surface area contributed by atoms with Gasteiger partial charge in [-0.25, -0.2) is 0 Å². The molecule has 7 heteroatoms. The first-order valence-corrected chi connectivity index (χ1v) is 9.75. The molecule has 1 unspecified atom stereocenters. The highest BCUT2D eigenvalue weighted by Gasteiger charge is 2.32. The highest BCUT2D eigenvalue weighted by molar-refractivity contribution is 9.10. The number of halogens is 1. The first kappa shape index (κ1) is 20.3. The van der Waals surface area contributed by atoms with Crippen molar-refractivity contribution in [2.45, 2.75) is 25.8 Å². The number of methoxy groups -OCH3 is 4. The van der Waals surface area contributed by atoms with Crippen molar-refractivity contribution in [3.8, 4) is 23.0 Å². The molecule has 0 aromatic heterocycles. The number of anilines is 1. The van der Waals surface area contributed by atoms with E-state index in [1.807, 2.05) is 23.1 Å². The van der Waals surface area contributed by atoms with Gasteiger partial charge >= 0.3 is 0 Å². The van der Waals surface area contributed by atoms with Crippen LogP contribution in [-0.2, 0) is 6.42 Å². The molecule has 28 heavy (non-hydrogen) atoms. The summed E-state index contributed by atoms with van der Waals surface area (Å²) in [7, 11) is 6.24. The van der Waals surface area contributed by atoms with Crippen LogP contribution in [0.15, 0.2) is 28.7 Å². The summed E-state index contributed by atoms with van der Waals surface area (Å²) in [5.74, 6) is 1.94. The second kappa shape index (κ2) is 8.31. The molecular weight excluding hydrogens is 426 g/mol. The summed E-state index contributed by atoms with van der Waals surface area (Å²) in [5.41, 5.74) is 2.43. The van der Waals surface area contributed by atoms with E-state index in [9.17, 15) is 4.79 Å². The van der Waals surface area contributed by atoms with Gasteiger partial charge in [0.2, 0.25) is 5.75 Å². The summed E-state index contributed by atoms with van der Waals surface area (Å²) in [6, 6.07) is 7.54. The third-order valence-electron chi connectivity index (χ3n) is 5.04. The molecule has 0 fully saturated rings. The highest BCUT2D eigenvalue weighted by atomic mass is 79.9. The predicted molar refractivity (Wildman–Crippen MR) is 111 cm³/mol. The number of benzene rings is 2. The SMILES string of the molecule is COc1ccc2c(c1)CCC(C)N2C(=O)c1cc(OC)c(OC)c(OC)c1Br. The minimum absolute atomic E-state index is 0.0550. The quantitative estimate of drug-likeness (QED) is 0.673. The lowest BCUT2D eigenvalue weighted by Crippen LogP contribution is -2.42. The maximum absolute atomic E-state index is 13.6. The number of aryl methyl sites for hydroxylation is 1. The van der Waals surface area contributed by atoms with Gasteiger partial charge in [-0.15, -0.1) is 0 Å². The van der Waals surface area contributed by atoms with Crippen molar-refractivity contribution >= 4 is 27.5 Å². The summed E-state index contributed by atoms with van der Waals surface area (Å²) in [6.07, 6.45) is 1.77. The van der Waals surface area contributed by atoms with Crippen LogP contribution in [0, 0.1) is 0 Å². The van der Waals surface area contributed by atoms with Crippen molar-refractivity contribution < 1.29 is 23.7 Å². The van der Waals surface area contributed by atoms with Crippen molar-refractivity contribution in [3.63, 3.8) is 0 Å². The molecule has 0 bridgehead atoms. The largest absolute Gasteiger partial charge is 0.497 e. The Kier molecular flexibility index (Phi) is 6.03. The number of rotatable bonds is 5. The second-order valence-corrected chi connectivity index (χ2v) is 7.36. The summed E-state index contributed by atoms with van der Waals surface area (Å²) in [5, 5.41) is 0. The van der Waals surface area contributed by atoms with E-state index in [1.54, 1.807) is 13.2 Å². The lowest BCUT2D eigenvalue weighted by molar-refractivity contribution is 0.0973. The van der Waals surface area contributed by atoms with Crippen LogP contribution in [0.2, 0.25) is 0 Å². The molecule has 1 amide bonds.